The first kappa shape index (κ1) is 14.0. The Labute approximate surface area is 133 Å². The first-order valence-corrected chi connectivity index (χ1v) is 7.78. The number of carbonyl (C=O) groups excluding carboxylic acids is 1. The molecule has 0 radical (unpaired) electrons. The van der Waals surface area contributed by atoms with Gasteiger partial charge in [-0.1, -0.05) is 6.07 Å². The second-order valence-corrected chi connectivity index (χ2v) is 6.13. The highest BCUT2D eigenvalue weighted by Crippen LogP contribution is 2.34. The Balaban J connectivity index is 1.93. The van der Waals surface area contributed by atoms with Gasteiger partial charge in [-0.15, -0.1) is 0 Å². The van der Waals surface area contributed by atoms with Gasteiger partial charge in [0.2, 0.25) is 0 Å². The van der Waals surface area contributed by atoms with E-state index >= 15 is 0 Å². The van der Waals surface area contributed by atoms with Gasteiger partial charge < -0.3 is 16.0 Å². The van der Waals surface area contributed by atoms with E-state index < -0.39 is 5.91 Å². The Kier molecular flexibility index (Phi) is 3.20. The molecule has 0 spiro atoms. The number of nitrogens with two attached hydrogens (primary N) is 1. The van der Waals surface area contributed by atoms with Crippen LogP contribution in [0.15, 0.2) is 30.6 Å². The zero-order valence-electron chi connectivity index (χ0n) is 13.0. The summed E-state index contributed by atoms with van der Waals surface area (Å²) in [6, 6.07) is 5.98. The molecular weight excluding hydrogens is 290 g/mol. The Morgan fingerprint density at radius 3 is 2.96 bits per heavy atom. The van der Waals surface area contributed by atoms with E-state index in [9.17, 15) is 4.79 Å². The normalized spacial score (nSPS) is 17.9. The summed E-state index contributed by atoms with van der Waals surface area (Å²) in [5, 5.41) is 8.69. The van der Waals surface area contributed by atoms with E-state index in [0.29, 0.717) is 11.5 Å². The number of H-pyrrole nitrogens is 1. The molecule has 3 aromatic rings. The number of amides is 1. The zero-order chi connectivity index (χ0) is 16.0. The molecule has 4 rings (SSSR count). The first-order chi connectivity index (χ1) is 11.1. The third kappa shape index (κ3) is 2.31. The van der Waals surface area contributed by atoms with E-state index in [4.69, 9.17) is 5.73 Å². The minimum atomic E-state index is -0.411. The van der Waals surface area contributed by atoms with Gasteiger partial charge in [-0.2, -0.15) is 5.10 Å². The van der Waals surface area contributed by atoms with Gasteiger partial charge in [0.05, 0.1) is 17.3 Å². The Bertz CT molecular complexity index is 886. The predicted molar refractivity (Wildman–Crippen MR) is 89.2 cm³/mol. The molecule has 6 heteroatoms. The minimum Gasteiger partial charge on any atom is -0.366 e. The average molecular weight is 309 g/mol. The highest BCUT2D eigenvalue weighted by molar-refractivity contribution is 6.07. The number of aryl methyl sites for hydroxylation is 1. The molecule has 0 bridgehead atoms. The van der Waals surface area contributed by atoms with Crippen molar-refractivity contribution in [3.8, 4) is 11.3 Å². The minimum absolute atomic E-state index is 0.411. The highest BCUT2D eigenvalue weighted by Gasteiger charge is 2.22. The number of primary amides is 1. The van der Waals surface area contributed by atoms with Crippen molar-refractivity contribution in [2.24, 2.45) is 12.8 Å². The number of fused-ring (bicyclic) bond motifs is 1. The van der Waals surface area contributed by atoms with Crippen molar-refractivity contribution in [1.29, 1.82) is 0 Å². The zero-order valence-corrected chi connectivity index (χ0v) is 13.0. The molecule has 118 valence electrons. The van der Waals surface area contributed by atoms with Crippen molar-refractivity contribution in [2.45, 2.75) is 12.3 Å². The van der Waals surface area contributed by atoms with Crippen LogP contribution >= 0.6 is 0 Å². The second-order valence-electron chi connectivity index (χ2n) is 6.13. The Hall–Kier alpha value is -2.60. The third-order valence-electron chi connectivity index (χ3n) is 4.61. The maximum absolute atomic E-state index is 11.8. The number of nitrogens with zero attached hydrogens (tertiary/aromatic N) is 2. The molecule has 0 aliphatic carbocycles. The van der Waals surface area contributed by atoms with Crippen molar-refractivity contribution in [3.63, 3.8) is 0 Å². The van der Waals surface area contributed by atoms with Gasteiger partial charge in [0.15, 0.2) is 0 Å². The van der Waals surface area contributed by atoms with Gasteiger partial charge in [-0.05, 0) is 36.6 Å². The lowest BCUT2D eigenvalue weighted by Crippen LogP contribution is -2.12. The number of carbonyl (C=O) groups is 1. The molecule has 4 N–H and O–H groups in total. The number of hydrogen-bond acceptors (Lipinski definition) is 3. The van der Waals surface area contributed by atoms with Crippen LogP contribution in [0.1, 0.15) is 28.3 Å². The molecular formula is C17H19N5O. The molecule has 1 atom stereocenters. The molecule has 1 aliphatic heterocycles. The van der Waals surface area contributed by atoms with Crippen molar-refractivity contribution in [3.05, 3.63) is 41.7 Å². The SMILES string of the molecule is Cn1cc(-c2cc3c([C@@H]4CCNC4)ccc(C(N)=O)c3[nH]2)cn1. The molecule has 0 unspecified atom stereocenters. The van der Waals surface area contributed by atoms with Gasteiger partial charge in [0.1, 0.15) is 0 Å². The molecule has 23 heavy (non-hydrogen) atoms. The van der Waals surface area contributed by atoms with Crippen LogP contribution in [0.2, 0.25) is 0 Å². The molecule has 6 nitrogen and oxygen atoms in total. The summed E-state index contributed by atoms with van der Waals surface area (Å²) in [4.78, 5) is 15.1. The van der Waals surface area contributed by atoms with Gasteiger partial charge >= 0.3 is 0 Å². The molecule has 1 fully saturated rings. The summed E-state index contributed by atoms with van der Waals surface area (Å²) in [6.07, 6.45) is 4.87. The maximum Gasteiger partial charge on any atom is 0.250 e. The van der Waals surface area contributed by atoms with Crippen LogP contribution in [0.4, 0.5) is 0 Å². The summed E-state index contributed by atoms with van der Waals surface area (Å²) in [5.74, 6) is 0.0580. The smallest absolute Gasteiger partial charge is 0.250 e. The monoisotopic (exact) mass is 309 g/mol. The van der Waals surface area contributed by atoms with Gasteiger partial charge in [-0.3, -0.25) is 9.48 Å². The fraction of sp³-hybridized carbons (Fsp3) is 0.294. The topological polar surface area (TPSA) is 88.7 Å². The highest BCUT2D eigenvalue weighted by atomic mass is 16.1. The number of rotatable bonds is 3. The lowest BCUT2D eigenvalue weighted by atomic mass is 9.93. The fourth-order valence-corrected chi connectivity index (χ4v) is 3.44. The molecule has 0 saturated carbocycles. The summed E-state index contributed by atoms with van der Waals surface area (Å²) in [7, 11) is 1.89. The van der Waals surface area contributed by atoms with Crippen molar-refractivity contribution >= 4 is 16.8 Å². The van der Waals surface area contributed by atoms with Crippen LogP contribution in [-0.4, -0.2) is 33.8 Å². The molecule has 3 heterocycles. The quantitative estimate of drug-likeness (QED) is 0.688. The maximum atomic E-state index is 11.8. The average Bonchev–Trinajstić information content (AvgIpc) is 3.25. The Morgan fingerprint density at radius 2 is 2.30 bits per heavy atom. The van der Waals surface area contributed by atoms with E-state index in [0.717, 1.165) is 41.7 Å². The number of nitrogens with one attached hydrogen (secondary N) is 2. The summed E-state index contributed by atoms with van der Waals surface area (Å²) in [6.45, 7) is 2.00. The van der Waals surface area contributed by atoms with Crippen molar-refractivity contribution < 1.29 is 4.79 Å². The number of benzene rings is 1. The van der Waals surface area contributed by atoms with Crippen LogP contribution in [0, 0.1) is 0 Å². The van der Waals surface area contributed by atoms with E-state index in [1.807, 2.05) is 31.6 Å². The first-order valence-electron chi connectivity index (χ1n) is 7.78. The molecule has 1 amide bonds. The van der Waals surface area contributed by atoms with Crippen LogP contribution in [-0.2, 0) is 7.05 Å². The van der Waals surface area contributed by atoms with Crippen LogP contribution < -0.4 is 11.1 Å². The number of aromatic nitrogens is 3. The lowest BCUT2D eigenvalue weighted by molar-refractivity contribution is 0.100. The fourth-order valence-electron chi connectivity index (χ4n) is 3.44. The summed E-state index contributed by atoms with van der Waals surface area (Å²) >= 11 is 0. The molecule has 1 aliphatic rings. The second kappa shape index (κ2) is 5.24. The third-order valence-corrected chi connectivity index (χ3v) is 4.61. The number of aromatic amines is 1. The van der Waals surface area contributed by atoms with Crippen LogP contribution in [0.25, 0.3) is 22.2 Å². The molecule has 1 aromatic carbocycles. The van der Waals surface area contributed by atoms with E-state index in [1.54, 1.807) is 4.68 Å². The molecule has 1 saturated heterocycles. The van der Waals surface area contributed by atoms with E-state index in [-0.39, 0.29) is 0 Å². The van der Waals surface area contributed by atoms with Gasteiger partial charge in [0, 0.05) is 36.4 Å². The lowest BCUT2D eigenvalue weighted by Gasteiger charge is -2.11. The van der Waals surface area contributed by atoms with Crippen LogP contribution in [0.3, 0.4) is 0 Å². The largest absolute Gasteiger partial charge is 0.366 e. The van der Waals surface area contributed by atoms with Crippen LogP contribution in [0.5, 0.6) is 0 Å². The summed E-state index contributed by atoms with van der Waals surface area (Å²) in [5.41, 5.74) is 10.1. The Morgan fingerprint density at radius 1 is 1.43 bits per heavy atom. The van der Waals surface area contributed by atoms with E-state index in [2.05, 4.69) is 21.5 Å². The standard InChI is InChI=1S/C17H19N5O/c1-22-9-11(8-20-22)15-6-14-12(10-4-5-19-7-10)2-3-13(17(18)23)16(14)21-15/h2-3,6,8-10,19,21H,4-5,7H2,1H3,(H2,18,23)/t10-/m1/s1. The predicted octanol–water partition coefficient (Wildman–Crippen LogP) is 1.74. The van der Waals surface area contributed by atoms with Crippen molar-refractivity contribution in [2.75, 3.05) is 13.1 Å². The molecule has 2 aromatic heterocycles. The van der Waals surface area contributed by atoms with Gasteiger partial charge in [0.25, 0.3) is 5.91 Å². The van der Waals surface area contributed by atoms with E-state index in [1.165, 1.54) is 5.56 Å². The number of hydrogen-bond donors (Lipinski definition) is 3. The van der Waals surface area contributed by atoms with Gasteiger partial charge in [-0.25, -0.2) is 0 Å². The summed E-state index contributed by atoms with van der Waals surface area (Å²) < 4.78 is 1.76. The van der Waals surface area contributed by atoms with Crippen molar-refractivity contribution in [1.82, 2.24) is 20.1 Å².